The molecule has 0 spiro atoms. The number of hydrogen-bond acceptors (Lipinski definition) is 4. The summed E-state index contributed by atoms with van der Waals surface area (Å²) in [4.78, 5) is 26.6. The van der Waals surface area contributed by atoms with E-state index in [2.05, 4.69) is 66.5 Å². The predicted octanol–water partition coefficient (Wildman–Crippen LogP) is 5.79. The molecule has 5 heteroatoms. The average molecular weight is 431 g/mol. The molecule has 0 saturated heterocycles. The number of amides is 1. The van der Waals surface area contributed by atoms with Crippen LogP contribution in [0.15, 0.2) is 6.07 Å². The maximum Gasteiger partial charge on any atom is 0.222 e. The summed E-state index contributed by atoms with van der Waals surface area (Å²) in [5.41, 5.74) is 1.12. The van der Waals surface area contributed by atoms with Crippen LogP contribution in [0.5, 0.6) is 0 Å². The van der Waals surface area contributed by atoms with Crippen LogP contribution in [0.2, 0.25) is 0 Å². The molecule has 1 fully saturated rings. The number of carbonyl (C=O) groups excluding carboxylic acids is 1. The van der Waals surface area contributed by atoms with Crippen molar-refractivity contribution in [3.8, 4) is 0 Å². The van der Waals surface area contributed by atoms with Crippen molar-refractivity contribution >= 4 is 11.7 Å². The highest BCUT2D eigenvalue weighted by atomic mass is 16.2. The van der Waals surface area contributed by atoms with Crippen molar-refractivity contribution in [2.45, 2.75) is 98.3 Å². The molecule has 0 unspecified atom stereocenters. The van der Waals surface area contributed by atoms with Gasteiger partial charge in [0, 0.05) is 51.0 Å². The van der Waals surface area contributed by atoms with Gasteiger partial charge in [0.25, 0.3) is 0 Å². The topological polar surface area (TPSA) is 49.3 Å². The van der Waals surface area contributed by atoms with Gasteiger partial charge in [-0.15, -0.1) is 0 Å². The van der Waals surface area contributed by atoms with E-state index in [1.807, 2.05) is 11.9 Å². The van der Waals surface area contributed by atoms with E-state index in [4.69, 9.17) is 9.97 Å². The van der Waals surface area contributed by atoms with E-state index >= 15 is 0 Å². The van der Waals surface area contributed by atoms with Crippen molar-refractivity contribution < 1.29 is 4.79 Å². The van der Waals surface area contributed by atoms with Crippen molar-refractivity contribution in [3.05, 3.63) is 17.6 Å². The molecule has 1 amide bonds. The third-order valence-corrected chi connectivity index (χ3v) is 6.92. The zero-order valence-electron chi connectivity index (χ0n) is 21.6. The smallest absolute Gasteiger partial charge is 0.222 e. The number of rotatable bonds is 8. The molecule has 0 N–H and O–H groups in total. The van der Waals surface area contributed by atoms with E-state index in [1.54, 1.807) is 0 Å². The quantitative estimate of drug-likeness (QED) is 0.524. The highest BCUT2D eigenvalue weighted by Crippen LogP contribution is 2.40. The molecule has 0 radical (unpaired) electrons. The Labute approximate surface area is 191 Å². The Balaban J connectivity index is 2.00. The van der Waals surface area contributed by atoms with Crippen LogP contribution in [0.25, 0.3) is 0 Å². The van der Waals surface area contributed by atoms with Crippen LogP contribution >= 0.6 is 0 Å². The van der Waals surface area contributed by atoms with E-state index in [9.17, 15) is 4.79 Å². The lowest BCUT2D eigenvalue weighted by atomic mass is 9.69. The third kappa shape index (κ3) is 7.18. The van der Waals surface area contributed by atoms with Crippen molar-refractivity contribution in [2.75, 3.05) is 32.1 Å². The number of anilines is 1. The summed E-state index contributed by atoms with van der Waals surface area (Å²) in [5.74, 6) is 3.03. The Hall–Kier alpha value is -1.65. The third-order valence-electron chi connectivity index (χ3n) is 6.92. The summed E-state index contributed by atoms with van der Waals surface area (Å²) >= 11 is 0. The maximum atomic E-state index is 13.0. The molecule has 1 heterocycles. The Bertz CT molecular complexity index is 729. The van der Waals surface area contributed by atoms with Gasteiger partial charge in [0.15, 0.2) is 0 Å². The number of likely N-dealkylation sites (N-methyl/N-ethyl adjacent to an activating group) is 2. The monoisotopic (exact) mass is 430 g/mol. The molecule has 31 heavy (non-hydrogen) atoms. The first-order valence-corrected chi connectivity index (χ1v) is 12.2. The first kappa shape index (κ1) is 25.6. The van der Waals surface area contributed by atoms with Gasteiger partial charge in [0.1, 0.15) is 11.6 Å². The molecule has 0 aliphatic heterocycles. The molecule has 0 aromatic carbocycles. The van der Waals surface area contributed by atoms with Crippen molar-refractivity contribution in [2.24, 2.45) is 11.3 Å². The van der Waals surface area contributed by atoms with Crippen molar-refractivity contribution in [1.82, 2.24) is 14.9 Å². The molecule has 2 rings (SSSR count). The minimum atomic E-state index is -0.0281. The largest absolute Gasteiger partial charge is 0.358 e. The molecule has 1 aliphatic rings. The van der Waals surface area contributed by atoms with Crippen LogP contribution in [0.4, 0.5) is 5.82 Å². The summed E-state index contributed by atoms with van der Waals surface area (Å²) in [6.45, 7) is 16.8. The summed E-state index contributed by atoms with van der Waals surface area (Å²) in [7, 11) is 4.00. The van der Waals surface area contributed by atoms with Gasteiger partial charge in [-0.1, -0.05) is 67.7 Å². The SMILES string of the molecule is CC(C)c1nc(N(C)CCN(C)C(=O)CC(C)(C)C2CCCCC2)cc(C(C)(C)C)n1. The molecule has 1 aliphatic carbocycles. The average Bonchev–Trinajstić information content (AvgIpc) is 2.71. The fraction of sp³-hybridized carbons (Fsp3) is 0.808. The second-order valence-corrected chi connectivity index (χ2v) is 11.6. The van der Waals surface area contributed by atoms with E-state index in [-0.39, 0.29) is 22.7 Å². The Morgan fingerprint density at radius 3 is 2.19 bits per heavy atom. The number of carbonyl (C=O) groups is 1. The molecule has 176 valence electrons. The van der Waals surface area contributed by atoms with Gasteiger partial charge in [-0.3, -0.25) is 4.79 Å². The van der Waals surface area contributed by atoms with Gasteiger partial charge in [0.05, 0.1) is 5.69 Å². The Morgan fingerprint density at radius 1 is 1.03 bits per heavy atom. The summed E-state index contributed by atoms with van der Waals surface area (Å²) in [6, 6.07) is 2.10. The second kappa shape index (κ2) is 10.3. The standard InChI is InChI=1S/C26H46N4O/c1-19(2)24-27-21(25(3,4)5)17-22(28-24)29(8)15-16-30(9)23(31)18-26(6,7)20-13-11-10-12-14-20/h17,19-20H,10-16,18H2,1-9H3. The minimum absolute atomic E-state index is 0.0281. The zero-order valence-corrected chi connectivity index (χ0v) is 21.6. The van der Waals surface area contributed by atoms with E-state index < -0.39 is 0 Å². The van der Waals surface area contributed by atoms with E-state index in [0.29, 0.717) is 18.9 Å². The lowest BCUT2D eigenvalue weighted by Crippen LogP contribution is -2.39. The van der Waals surface area contributed by atoms with E-state index in [1.165, 1.54) is 32.1 Å². The normalized spacial score (nSPS) is 15.9. The molecule has 1 saturated carbocycles. The van der Waals surface area contributed by atoms with Crippen LogP contribution in [-0.2, 0) is 10.2 Å². The van der Waals surface area contributed by atoms with Crippen LogP contribution < -0.4 is 4.90 Å². The zero-order chi connectivity index (χ0) is 23.4. The summed E-state index contributed by atoms with van der Waals surface area (Å²) in [5, 5.41) is 0. The molecule has 1 aromatic heterocycles. The maximum absolute atomic E-state index is 13.0. The fourth-order valence-corrected chi connectivity index (χ4v) is 4.38. The van der Waals surface area contributed by atoms with Crippen LogP contribution in [0, 0.1) is 11.3 Å². The highest BCUT2D eigenvalue weighted by Gasteiger charge is 2.33. The number of nitrogens with zero attached hydrogens (tertiary/aromatic N) is 4. The molecule has 0 bridgehead atoms. The Kier molecular flexibility index (Phi) is 8.52. The van der Waals surface area contributed by atoms with Crippen molar-refractivity contribution in [1.29, 1.82) is 0 Å². The molecular weight excluding hydrogens is 384 g/mol. The van der Waals surface area contributed by atoms with Gasteiger partial charge >= 0.3 is 0 Å². The molecule has 1 aromatic rings. The van der Waals surface area contributed by atoms with Gasteiger partial charge in [-0.25, -0.2) is 9.97 Å². The van der Waals surface area contributed by atoms with Gasteiger partial charge in [-0.2, -0.15) is 0 Å². The minimum Gasteiger partial charge on any atom is -0.358 e. The second-order valence-electron chi connectivity index (χ2n) is 11.6. The molecular formula is C26H46N4O. The van der Waals surface area contributed by atoms with Crippen LogP contribution in [-0.4, -0.2) is 48.0 Å². The highest BCUT2D eigenvalue weighted by molar-refractivity contribution is 5.76. The van der Waals surface area contributed by atoms with Gasteiger partial charge in [0.2, 0.25) is 5.91 Å². The predicted molar refractivity (Wildman–Crippen MR) is 131 cm³/mol. The number of aromatic nitrogens is 2. The van der Waals surface area contributed by atoms with Crippen LogP contribution in [0.1, 0.15) is 104 Å². The fourth-order valence-electron chi connectivity index (χ4n) is 4.38. The number of hydrogen-bond donors (Lipinski definition) is 0. The first-order chi connectivity index (χ1) is 14.3. The van der Waals surface area contributed by atoms with E-state index in [0.717, 1.165) is 23.9 Å². The first-order valence-electron chi connectivity index (χ1n) is 12.2. The lowest BCUT2D eigenvalue weighted by Gasteiger charge is -2.37. The Morgan fingerprint density at radius 2 is 1.65 bits per heavy atom. The molecule has 5 nitrogen and oxygen atoms in total. The summed E-state index contributed by atoms with van der Waals surface area (Å²) < 4.78 is 0. The van der Waals surface area contributed by atoms with Crippen LogP contribution in [0.3, 0.4) is 0 Å². The van der Waals surface area contributed by atoms with Gasteiger partial charge in [-0.05, 0) is 24.2 Å². The molecule has 0 atom stereocenters. The summed E-state index contributed by atoms with van der Waals surface area (Å²) in [6.07, 6.45) is 7.17. The lowest BCUT2D eigenvalue weighted by molar-refractivity contribution is -0.132. The van der Waals surface area contributed by atoms with Crippen molar-refractivity contribution in [3.63, 3.8) is 0 Å². The van der Waals surface area contributed by atoms with Gasteiger partial charge < -0.3 is 9.80 Å².